The summed E-state index contributed by atoms with van der Waals surface area (Å²) in [6.07, 6.45) is 5.66. The van der Waals surface area contributed by atoms with Gasteiger partial charge in [-0.1, -0.05) is 12.1 Å². The van der Waals surface area contributed by atoms with Gasteiger partial charge in [-0.05, 0) is 61.2 Å². The van der Waals surface area contributed by atoms with Crippen LogP contribution >= 0.6 is 0 Å². The summed E-state index contributed by atoms with van der Waals surface area (Å²) in [6.45, 7) is 1.09. The van der Waals surface area contributed by atoms with Crippen molar-refractivity contribution in [2.75, 3.05) is 43.9 Å². The van der Waals surface area contributed by atoms with E-state index in [0.29, 0.717) is 17.1 Å². The minimum atomic E-state index is -3.75. The first kappa shape index (κ1) is 26.0. The molecule has 3 rings (SSSR count). The van der Waals surface area contributed by atoms with Gasteiger partial charge in [0.05, 0.1) is 25.3 Å². The maximum absolute atomic E-state index is 12.4. The number of hydrogen-bond donors (Lipinski definition) is 1. The maximum atomic E-state index is 12.4. The molecule has 1 aliphatic heterocycles. The number of carbonyl (C=O) groups excluding carboxylic acids is 2. The van der Waals surface area contributed by atoms with E-state index in [1.165, 1.54) is 13.3 Å². The number of hydrazone groups is 1. The molecule has 0 bridgehead atoms. The molecule has 0 atom stereocenters. The van der Waals surface area contributed by atoms with Crippen molar-refractivity contribution in [3.63, 3.8) is 0 Å². The minimum absolute atomic E-state index is 0.00741. The fraction of sp³-hybridized carbons (Fsp3) is 0.375. The normalized spacial score (nSPS) is 13.9. The third kappa shape index (κ3) is 7.71. The molecule has 2 aromatic carbocycles. The number of carbonyl (C=O) groups is 2. The zero-order valence-electron chi connectivity index (χ0n) is 19.8. The number of rotatable bonds is 10. The van der Waals surface area contributed by atoms with Crippen LogP contribution in [0, 0.1) is 0 Å². The highest BCUT2D eigenvalue weighted by atomic mass is 32.2. The highest BCUT2D eigenvalue weighted by molar-refractivity contribution is 7.92. The van der Waals surface area contributed by atoms with Crippen molar-refractivity contribution < 1.29 is 27.5 Å². The molecule has 0 aromatic heterocycles. The molecular weight excluding hydrogens is 472 g/mol. The molecule has 0 radical (unpaired) electrons. The lowest BCUT2D eigenvalue weighted by Gasteiger charge is -2.26. The first-order chi connectivity index (χ1) is 16.8. The van der Waals surface area contributed by atoms with Gasteiger partial charge in [0.15, 0.2) is 6.61 Å². The molecule has 11 heteroatoms. The molecule has 0 saturated carbocycles. The van der Waals surface area contributed by atoms with Gasteiger partial charge in [0.25, 0.3) is 11.8 Å². The van der Waals surface area contributed by atoms with Crippen LogP contribution in [0.2, 0.25) is 0 Å². The molecule has 1 aliphatic rings. The van der Waals surface area contributed by atoms with Crippen molar-refractivity contribution in [3.05, 3.63) is 54.1 Å². The Morgan fingerprint density at radius 1 is 1.09 bits per heavy atom. The number of benzene rings is 2. The van der Waals surface area contributed by atoms with Gasteiger partial charge < -0.3 is 14.4 Å². The van der Waals surface area contributed by atoms with E-state index in [-0.39, 0.29) is 18.2 Å². The van der Waals surface area contributed by atoms with E-state index in [4.69, 9.17) is 9.47 Å². The molecule has 0 unspecified atom stereocenters. The van der Waals surface area contributed by atoms with E-state index in [0.717, 1.165) is 42.9 Å². The van der Waals surface area contributed by atoms with Gasteiger partial charge in [-0.3, -0.25) is 13.9 Å². The number of amides is 2. The van der Waals surface area contributed by atoms with Gasteiger partial charge in [-0.15, -0.1) is 0 Å². The average Bonchev–Trinajstić information content (AvgIpc) is 2.86. The van der Waals surface area contributed by atoms with Crippen LogP contribution in [0.15, 0.2) is 53.6 Å². The Balaban J connectivity index is 1.52. The van der Waals surface area contributed by atoms with Crippen LogP contribution in [0.25, 0.3) is 0 Å². The lowest BCUT2D eigenvalue weighted by atomic mass is 10.1. The van der Waals surface area contributed by atoms with Gasteiger partial charge >= 0.3 is 0 Å². The second-order valence-corrected chi connectivity index (χ2v) is 9.94. The fourth-order valence-corrected chi connectivity index (χ4v) is 4.45. The van der Waals surface area contributed by atoms with Crippen molar-refractivity contribution in [2.45, 2.75) is 19.3 Å². The van der Waals surface area contributed by atoms with Crippen molar-refractivity contribution >= 4 is 33.7 Å². The second-order valence-electron chi connectivity index (χ2n) is 8.03. The average molecular weight is 503 g/mol. The molecule has 1 heterocycles. The number of para-hydroxylation sites is 2. The van der Waals surface area contributed by atoms with Crippen LogP contribution < -0.4 is 19.2 Å². The van der Waals surface area contributed by atoms with E-state index >= 15 is 0 Å². The lowest BCUT2D eigenvalue weighted by molar-refractivity contribution is -0.134. The number of likely N-dealkylation sites (tertiary alicyclic amines) is 1. The molecule has 2 amide bonds. The van der Waals surface area contributed by atoms with Crippen LogP contribution in [0.3, 0.4) is 0 Å². The Bertz CT molecular complexity index is 1140. The van der Waals surface area contributed by atoms with Crippen LogP contribution in [-0.2, 0) is 19.6 Å². The van der Waals surface area contributed by atoms with Crippen LogP contribution in [-0.4, -0.2) is 71.0 Å². The number of piperidine rings is 1. The van der Waals surface area contributed by atoms with Crippen molar-refractivity contribution in [1.82, 2.24) is 10.3 Å². The van der Waals surface area contributed by atoms with Gasteiger partial charge in [0.2, 0.25) is 10.0 Å². The van der Waals surface area contributed by atoms with Crippen molar-refractivity contribution in [3.8, 4) is 11.5 Å². The number of nitrogens with zero attached hydrogens (tertiary/aromatic N) is 3. The topological polar surface area (TPSA) is 118 Å². The second kappa shape index (κ2) is 12.2. The number of hydrogen-bond acceptors (Lipinski definition) is 7. The Morgan fingerprint density at radius 2 is 1.77 bits per heavy atom. The summed E-state index contributed by atoms with van der Waals surface area (Å²) in [5, 5.41) is 3.90. The molecule has 2 aromatic rings. The van der Waals surface area contributed by atoms with E-state index < -0.39 is 22.5 Å². The van der Waals surface area contributed by atoms with E-state index in [1.54, 1.807) is 48.5 Å². The first-order valence-electron chi connectivity index (χ1n) is 11.2. The van der Waals surface area contributed by atoms with Crippen LogP contribution in [0.5, 0.6) is 11.5 Å². The lowest BCUT2D eigenvalue weighted by Crippen LogP contribution is -2.39. The van der Waals surface area contributed by atoms with Crippen molar-refractivity contribution in [1.29, 1.82) is 0 Å². The number of nitrogens with one attached hydrogen (secondary N) is 1. The third-order valence-corrected chi connectivity index (χ3v) is 6.52. The van der Waals surface area contributed by atoms with Gasteiger partial charge in [-0.2, -0.15) is 5.10 Å². The molecule has 188 valence electrons. The molecule has 1 saturated heterocycles. The smallest absolute Gasteiger partial charge is 0.260 e. The quantitative estimate of drug-likeness (QED) is 0.392. The molecule has 1 N–H and O–H groups in total. The van der Waals surface area contributed by atoms with E-state index in [9.17, 15) is 18.0 Å². The third-order valence-electron chi connectivity index (χ3n) is 5.40. The first-order valence-corrected chi connectivity index (χ1v) is 13.1. The summed E-state index contributed by atoms with van der Waals surface area (Å²) in [5.74, 6) is 0.245. The maximum Gasteiger partial charge on any atom is 0.260 e. The van der Waals surface area contributed by atoms with Crippen molar-refractivity contribution in [2.24, 2.45) is 5.10 Å². The molecule has 0 aliphatic carbocycles. The predicted molar refractivity (Wildman–Crippen MR) is 133 cm³/mol. The zero-order valence-corrected chi connectivity index (χ0v) is 20.7. The van der Waals surface area contributed by atoms with Crippen LogP contribution in [0.4, 0.5) is 5.69 Å². The molecule has 1 fully saturated rings. The summed E-state index contributed by atoms with van der Waals surface area (Å²) >= 11 is 0. The Morgan fingerprint density at radius 3 is 2.43 bits per heavy atom. The summed E-state index contributed by atoms with van der Waals surface area (Å²) in [7, 11) is -2.32. The molecule has 0 spiro atoms. The minimum Gasteiger partial charge on any atom is -0.495 e. The molecule has 10 nitrogen and oxygen atoms in total. The monoisotopic (exact) mass is 502 g/mol. The Hall–Kier alpha value is -3.60. The largest absolute Gasteiger partial charge is 0.495 e. The van der Waals surface area contributed by atoms with Gasteiger partial charge in [0.1, 0.15) is 18.0 Å². The standard InChI is InChI=1S/C24H30N4O6S/c1-33-22-9-5-4-8-21(22)28(35(2,31)32)17-23(29)26-25-16-19-10-12-20(13-11-19)34-18-24(30)27-14-6-3-7-15-27/h4-5,8-13,16H,3,6-7,14-15,17-18H2,1-2H3,(H,26,29)/b25-16+. The summed E-state index contributed by atoms with van der Waals surface area (Å²) < 4.78 is 36.3. The Kier molecular flexibility index (Phi) is 9.07. The summed E-state index contributed by atoms with van der Waals surface area (Å²) in [5.41, 5.74) is 3.27. The SMILES string of the molecule is COc1ccccc1N(CC(=O)N/N=C/c1ccc(OCC(=O)N2CCCCC2)cc1)S(C)(=O)=O. The number of methoxy groups -OCH3 is 1. The number of anilines is 1. The van der Waals surface area contributed by atoms with E-state index in [2.05, 4.69) is 10.5 Å². The van der Waals surface area contributed by atoms with E-state index in [1.807, 2.05) is 4.90 Å². The van der Waals surface area contributed by atoms with Crippen LogP contribution in [0.1, 0.15) is 24.8 Å². The number of ether oxygens (including phenoxy) is 2. The zero-order chi connectivity index (χ0) is 25.3. The summed E-state index contributed by atoms with van der Waals surface area (Å²) in [6, 6.07) is 13.4. The fourth-order valence-electron chi connectivity index (χ4n) is 3.59. The summed E-state index contributed by atoms with van der Waals surface area (Å²) in [4.78, 5) is 26.4. The highest BCUT2D eigenvalue weighted by Crippen LogP contribution is 2.29. The Labute approximate surface area is 205 Å². The van der Waals surface area contributed by atoms with Gasteiger partial charge in [-0.25, -0.2) is 13.8 Å². The highest BCUT2D eigenvalue weighted by Gasteiger charge is 2.23. The molecular formula is C24H30N4O6S. The number of sulfonamides is 1. The molecule has 35 heavy (non-hydrogen) atoms. The predicted octanol–water partition coefficient (Wildman–Crippen LogP) is 2.00. The van der Waals surface area contributed by atoms with Gasteiger partial charge in [0, 0.05) is 13.1 Å².